The summed E-state index contributed by atoms with van der Waals surface area (Å²) < 4.78 is 11.6. The van der Waals surface area contributed by atoms with Crippen molar-refractivity contribution in [1.29, 1.82) is 0 Å². The smallest absolute Gasteiger partial charge is 0.157 e. The number of halogens is 1. The largest absolute Gasteiger partial charge is 0.353 e. The first-order chi connectivity index (χ1) is 8.35. The zero-order valence-corrected chi connectivity index (χ0v) is 13.1. The third-order valence-electron chi connectivity index (χ3n) is 2.68. The Kier molecular flexibility index (Phi) is 14.8. The number of rotatable bonds is 13. The van der Waals surface area contributed by atoms with Gasteiger partial charge in [0.2, 0.25) is 0 Å². The highest BCUT2D eigenvalue weighted by Crippen LogP contribution is 2.10. The van der Waals surface area contributed by atoms with Gasteiger partial charge in [0.25, 0.3) is 0 Å². The van der Waals surface area contributed by atoms with Crippen LogP contribution in [-0.2, 0) is 9.47 Å². The van der Waals surface area contributed by atoms with Crippen molar-refractivity contribution in [3.63, 3.8) is 0 Å². The van der Waals surface area contributed by atoms with E-state index in [1.54, 1.807) is 0 Å². The van der Waals surface area contributed by atoms with Crippen molar-refractivity contribution in [3.8, 4) is 0 Å². The molecule has 0 radical (unpaired) electrons. The maximum absolute atomic E-state index is 5.78. The Balaban J connectivity index is 3.60. The summed E-state index contributed by atoms with van der Waals surface area (Å²) in [7, 11) is 0. The lowest BCUT2D eigenvalue weighted by molar-refractivity contribution is -0.147. The topological polar surface area (TPSA) is 18.5 Å². The van der Waals surface area contributed by atoms with Crippen molar-refractivity contribution in [2.24, 2.45) is 0 Å². The molecule has 0 rings (SSSR count). The summed E-state index contributed by atoms with van der Waals surface area (Å²) in [6.45, 7) is 6.05. The van der Waals surface area contributed by atoms with Gasteiger partial charge in [-0.2, -0.15) is 0 Å². The van der Waals surface area contributed by atoms with E-state index in [2.05, 4.69) is 29.8 Å². The van der Waals surface area contributed by atoms with Crippen LogP contribution in [0.25, 0.3) is 0 Å². The zero-order chi connectivity index (χ0) is 12.8. The van der Waals surface area contributed by atoms with E-state index in [1.807, 2.05) is 0 Å². The van der Waals surface area contributed by atoms with Gasteiger partial charge in [-0.3, -0.25) is 0 Å². The molecule has 0 aliphatic heterocycles. The van der Waals surface area contributed by atoms with Crippen LogP contribution in [0.5, 0.6) is 0 Å². The lowest BCUT2D eigenvalue weighted by Gasteiger charge is -2.18. The van der Waals surface area contributed by atoms with Gasteiger partial charge >= 0.3 is 0 Å². The fourth-order valence-electron chi connectivity index (χ4n) is 1.52. The van der Waals surface area contributed by atoms with E-state index >= 15 is 0 Å². The Morgan fingerprint density at radius 1 is 0.824 bits per heavy atom. The normalized spacial score (nSPS) is 11.3. The molecule has 0 aromatic rings. The molecule has 0 N–H and O–H groups in total. The predicted molar refractivity (Wildman–Crippen MR) is 77.8 cm³/mol. The van der Waals surface area contributed by atoms with Crippen molar-refractivity contribution < 1.29 is 9.47 Å². The number of hydrogen-bond acceptors (Lipinski definition) is 2. The molecule has 0 aliphatic carbocycles. The molecule has 0 unspecified atom stereocenters. The van der Waals surface area contributed by atoms with Gasteiger partial charge in [-0.15, -0.1) is 0 Å². The molecule has 0 atom stereocenters. The van der Waals surface area contributed by atoms with Crippen LogP contribution in [0.2, 0.25) is 0 Å². The Morgan fingerprint density at radius 3 is 1.88 bits per heavy atom. The summed E-state index contributed by atoms with van der Waals surface area (Å²) in [5.74, 6) is 0. The molecule has 0 amide bonds. The average Bonchev–Trinajstić information content (AvgIpc) is 2.34. The van der Waals surface area contributed by atoms with Crippen molar-refractivity contribution >= 4 is 15.9 Å². The van der Waals surface area contributed by atoms with Gasteiger partial charge in [-0.1, -0.05) is 49.0 Å². The van der Waals surface area contributed by atoms with Crippen LogP contribution in [0, 0.1) is 0 Å². The van der Waals surface area contributed by atoms with Gasteiger partial charge in [0, 0.05) is 18.5 Å². The first kappa shape index (κ1) is 17.4. The molecule has 0 fully saturated rings. The van der Waals surface area contributed by atoms with E-state index in [4.69, 9.17) is 9.47 Å². The minimum atomic E-state index is 0.0309. The van der Waals surface area contributed by atoms with Crippen molar-refractivity contribution in [2.75, 3.05) is 18.5 Å². The van der Waals surface area contributed by atoms with E-state index in [1.165, 1.54) is 32.1 Å². The second-order valence-corrected chi connectivity index (χ2v) is 5.21. The zero-order valence-electron chi connectivity index (χ0n) is 11.5. The Morgan fingerprint density at radius 2 is 1.41 bits per heavy atom. The van der Waals surface area contributed by atoms with E-state index in [9.17, 15) is 0 Å². The van der Waals surface area contributed by atoms with E-state index in [0.29, 0.717) is 0 Å². The van der Waals surface area contributed by atoms with Crippen molar-refractivity contribution in [1.82, 2.24) is 0 Å². The maximum Gasteiger partial charge on any atom is 0.157 e. The Bertz CT molecular complexity index is 132. The Labute approximate surface area is 116 Å². The second-order valence-electron chi connectivity index (χ2n) is 4.42. The summed E-state index contributed by atoms with van der Waals surface area (Å²) in [6.07, 6.45) is 9.42. The molecule has 0 aliphatic rings. The van der Waals surface area contributed by atoms with Gasteiger partial charge in [-0.25, -0.2) is 0 Å². The summed E-state index contributed by atoms with van der Waals surface area (Å²) in [6, 6.07) is 0. The monoisotopic (exact) mass is 308 g/mol. The van der Waals surface area contributed by atoms with Gasteiger partial charge in [0.05, 0.1) is 0 Å². The minimum absolute atomic E-state index is 0.0309. The first-order valence-electron chi connectivity index (χ1n) is 7.14. The Hall–Kier alpha value is 0.400. The number of hydrogen-bond donors (Lipinski definition) is 0. The molecule has 0 saturated carbocycles. The summed E-state index contributed by atoms with van der Waals surface area (Å²) >= 11 is 3.46. The molecule has 17 heavy (non-hydrogen) atoms. The second kappa shape index (κ2) is 14.5. The molecule has 104 valence electrons. The van der Waals surface area contributed by atoms with Gasteiger partial charge in [0.1, 0.15) is 0 Å². The van der Waals surface area contributed by atoms with Crippen LogP contribution in [0.3, 0.4) is 0 Å². The van der Waals surface area contributed by atoms with E-state index < -0.39 is 0 Å². The molecule has 0 aromatic heterocycles. The highest BCUT2D eigenvalue weighted by molar-refractivity contribution is 9.09. The fraction of sp³-hybridized carbons (Fsp3) is 1.00. The molecule has 3 heteroatoms. The lowest BCUT2D eigenvalue weighted by atomic mass is 10.2. The standard InChI is InChI=1S/C14H29BrO2/c1-3-5-12-16-14(17-13-6-4-2)10-8-7-9-11-15/h14H,3-13H2,1-2H3. The van der Waals surface area contributed by atoms with Gasteiger partial charge < -0.3 is 9.47 Å². The van der Waals surface area contributed by atoms with Gasteiger partial charge in [0.15, 0.2) is 6.29 Å². The average molecular weight is 309 g/mol. The fourth-order valence-corrected chi connectivity index (χ4v) is 1.91. The van der Waals surface area contributed by atoms with Crippen molar-refractivity contribution in [2.45, 2.75) is 71.5 Å². The molecule has 0 bridgehead atoms. The van der Waals surface area contributed by atoms with Crippen LogP contribution < -0.4 is 0 Å². The number of ether oxygens (including phenoxy) is 2. The molecular formula is C14H29BrO2. The third kappa shape index (κ3) is 12.6. The van der Waals surface area contributed by atoms with E-state index in [-0.39, 0.29) is 6.29 Å². The van der Waals surface area contributed by atoms with Crippen LogP contribution in [0.1, 0.15) is 65.2 Å². The highest BCUT2D eigenvalue weighted by Gasteiger charge is 2.08. The van der Waals surface area contributed by atoms with Crippen molar-refractivity contribution in [3.05, 3.63) is 0 Å². The van der Waals surface area contributed by atoms with Crippen LogP contribution in [0.4, 0.5) is 0 Å². The highest BCUT2D eigenvalue weighted by atomic mass is 79.9. The molecular weight excluding hydrogens is 280 g/mol. The molecule has 0 saturated heterocycles. The lowest BCUT2D eigenvalue weighted by Crippen LogP contribution is -2.18. The van der Waals surface area contributed by atoms with Crippen LogP contribution in [-0.4, -0.2) is 24.8 Å². The third-order valence-corrected chi connectivity index (χ3v) is 3.24. The molecule has 0 spiro atoms. The van der Waals surface area contributed by atoms with Crippen LogP contribution >= 0.6 is 15.9 Å². The summed E-state index contributed by atoms with van der Waals surface area (Å²) in [5.41, 5.74) is 0. The molecule has 0 heterocycles. The minimum Gasteiger partial charge on any atom is -0.353 e. The number of unbranched alkanes of at least 4 members (excludes halogenated alkanes) is 4. The number of alkyl halides is 1. The van der Waals surface area contributed by atoms with E-state index in [0.717, 1.165) is 37.8 Å². The summed E-state index contributed by atoms with van der Waals surface area (Å²) in [4.78, 5) is 0. The SMILES string of the molecule is CCCCOC(CCCCCBr)OCCCC. The molecule has 2 nitrogen and oxygen atoms in total. The van der Waals surface area contributed by atoms with Gasteiger partial charge in [-0.05, 0) is 32.1 Å². The summed E-state index contributed by atoms with van der Waals surface area (Å²) in [5, 5.41) is 1.10. The maximum atomic E-state index is 5.78. The quantitative estimate of drug-likeness (QED) is 0.274. The molecule has 0 aromatic carbocycles. The predicted octanol–water partition coefficient (Wildman–Crippen LogP) is 4.90. The van der Waals surface area contributed by atoms with Crippen LogP contribution in [0.15, 0.2) is 0 Å². The first-order valence-corrected chi connectivity index (χ1v) is 8.26.